The minimum absolute atomic E-state index is 0.169. The monoisotopic (exact) mass is 309 g/mol. The van der Waals surface area contributed by atoms with Gasteiger partial charge < -0.3 is 9.84 Å². The number of halogens is 1. The van der Waals surface area contributed by atoms with Gasteiger partial charge in [-0.3, -0.25) is 0 Å². The van der Waals surface area contributed by atoms with Crippen molar-refractivity contribution in [1.29, 1.82) is 0 Å². The van der Waals surface area contributed by atoms with E-state index in [1.54, 1.807) is 6.07 Å². The zero-order valence-corrected chi connectivity index (χ0v) is 12.4. The Morgan fingerprint density at radius 2 is 1.78 bits per heavy atom. The van der Waals surface area contributed by atoms with Crippen LogP contribution in [0.2, 0.25) is 0 Å². The van der Waals surface area contributed by atoms with Crippen LogP contribution in [0.3, 0.4) is 0 Å². The summed E-state index contributed by atoms with van der Waals surface area (Å²) in [6, 6.07) is 18.3. The minimum atomic E-state index is -0.532. The van der Waals surface area contributed by atoms with Gasteiger partial charge in [-0.05, 0) is 29.3 Å². The van der Waals surface area contributed by atoms with E-state index in [4.69, 9.17) is 4.74 Å². The molecule has 1 N–H and O–H groups in total. The lowest BCUT2D eigenvalue weighted by Gasteiger charge is -2.14. The predicted molar refractivity (Wildman–Crippen MR) is 86.3 cm³/mol. The third-order valence-corrected chi connectivity index (χ3v) is 3.57. The van der Waals surface area contributed by atoms with Gasteiger partial charge in [0.15, 0.2) is 0 Å². The molecule has 0 aliphatic carbocycles. The van der Waals surface area contributed by atoms with Crippen LogP contribution in [-0.4, -0.2) is 10.1 Å². The van der Waals surface area contributed by atoms with E-state index in [1.807, 2.05) is 48.5 Å². The predicted octanol–water partition coefficient (Wildman–Crippen LogP) is 3.96. The molecule has 0 unspecified atom stereocenters. The Labute approximate surface area is 134 Å². The zero-order valence-electron chi connectivity index (χ0n) is 12.4. The van der Waals surface area contributed by atoms with Crippen LogP contribution in [-0.2, 0) is 13.2 Å². The molecule has 3 aromatic rings. The molecule has 23 heavy (non-hydrogen) atoms. The Hall–Kier alpha value is -2.72. The van der Waals surface area contributed by atoms with Crippen molar-refractivity contribution in [2.24, 2.45) is 0 Å². The summed E-state index contributed by atoms with van der Waals surface area (Å²) in [5.74, 6) is 0.0777. The summed E-state index contributed by atoms with van der Waals surface area (Å²) in [5, 5.41) is 9.74. The second-order valence-corrected chi connectivity index (χ2v) is 5.08. The standard InChI is InChI=1S/C19H16FNO2/c20-19-10-9-15(11-21-19)16-7-4-8-18(17(16)12-22)23-13-14-5-2-1-3-6-14/h1-11,22H,12-13H2. The van der Waals surface area contributed by atoms with Gasteiger partial charge in [-0.1, -0.05) is 42.5 Å². The fourth-order valence-electron chi connectivity index (χ4n) is 2.40. The topological polar surface area (TPSA) is 42.4 Å². The van der Waals surface area contributed by atoms with Crippen molar-refractivity contribution >= 4 is 0 Å². The van der Waals surface area contributed by atoms with Gasteiger partial charge in [0.25, 0.3) is 0 Å². The van der Waals surface area contributed by atoms with Crippen molar-refractivity contribution < 1.29 is 14.2 Å². The summed E-state index contributed by atoms with van der Waals surface area (Å²) in [4.78, 5) is 3.67. The number of benzene rings is 2. The zero-order chi connectivity index (χ0) is 16.1. The smallest absolute Gasteiger partial charge is 0.212 e. The summed E-state index contributed by atoms with van der Waals surface area (Å²) in [7, 11) is 0. The molecule has 0 radical (unpaired) electrons. The minimum Gasteiger partial charge on any atom is -0.489 e. The first-order chi connectivity index (χ1) is 11.3. The highest BCUT2D eigenvalue weighted by atomic mass is 19.1. The third-order valence-electron chi connectivity index (χ3n) is 3.57. The highest BCUT2D eigenvalue weighted by molar-refractivity contribution is 5.69. The molecule has 0 saturated carbocycles. The van der Waals surface area contributed by atoms with Crippen LogP contribution in [0.15, 0.2) is 66.9 Å². The van der Waals surface area contributed by atoms with Gasteiger partial charge in [0, 0.05) is 17.3 Å². The van der Waals surface area contributed by atoms with Gasteiger partial charge in [0.05, 0.1) is 6.61 Å². The van der Waals surface area contributed by atoms with E-state index in [1.165, 1.54) is 12.3 Å². The summed E-state index contributed by atoms with van der Waals surface area (Å²) in [6.45, 7) is 0.247. The van der Waals surface area contributed by atoms with Gasteiger partial charge in [0.1, 0.15) is 12.4 Å². The van der Waals surface area contributed by atoms with Gasteiger partial charge in [-0.2, -0.15) is 4.39 Å². The van der Waals surface area contributed by atoms with Gasteiger partial charge in [-0.25, -0.2) is 4.98 Å². The quantitative estimate of drug-likeness (QED) is 0.725. The molecule has 0 aliphatic heterocycles. The molecule has 1 aromatic heterocycles. The normalized spacial score (nSPS) is 10.5. The number of hydrogen-bond acceptors (Lipinski definition) is 3. The number of aliphatic hydroxyl groups is 1. The molecule has 0 atom stereocenters. The van der Waals surface area contributed by atoms with Crippen molar-refractivity contribution in [2.45, 2.75) is 13.2 Å². The molecule has 0 bridgehead atoms. The molecule has 0 spiro atoms. The number of hydrogen-bond donors (Lipinski definition) is 1. The van der Waals surface area contributed by atoms with Gasteiger partial charge in [-0.15, -0.1) is 0 Å². The van der Waals surface area contributed by atoms with E-state index in [0.29, 0.717) is 17.9 Å². The fourth-order valence-corrected chi connectivity index (χ4v) is 2.40. The number of nitrogens with zero attached hydrogens (tertiary/aromatic N) is 1. The second kappa shape index (κ2) is 7.03. The molecule has 3 rings (SSSR count). The highest BCUT2D eigenvalue weighted by Gasteiger charge is 2.11. The van der Waals surface area contributed by atoms with Crippen LogP contribution in [0.5, 0.6) is 5.75 Å². The second-order valence-electron chi connectivity index (χ2n) is 5.08. The summed E-state index contributed by atoms with van der Waals surface area (Å²) in [5.41, 5.74) is 3.23. The van der Waals surface area contributed by atoms with E-state index in [-0.39, 0.29) is 6.61 Å². The molecule has 1 heterocycles. The Morgan fingerprint density at radius 3 is 2.48 bits per heavy atom. The average molecular weight is 309 g/mol. The van der Waals surface area contributed by atoms with E-state index in [2.05, 4.69) is 4.98 Å². The largest absolute Gasteiger partial charge is 0.489 e. The van der Waals surface area contributed by atoms with E-state index >= 15 is 0 Å². The van der Waals surface area contributed by atoms with Crippen molar-refractivity contribution in [3.63, 3.8) is 0 Å². The third kappa shape index (κ3) is 3.55. The summed E-state index contributed by atoms with van der Waals surface area (Å²) >= 11 is 0. The summed E-state index contributed by atoms with van der Waals surface area (Å²) < 4.78 is 18.8. The number of pyridine rings is 1. The number of aliphatic hydroxyl groups excluding tert-OH is 1. The Bertz CT molecular complexity index is 773. The van der Waals surface area contributed by atoms with E-state index < -0.39 is 5.95 Å². The van der Waals surface area contributed by atoms with Crippen LogP contribution < -0.4 is 4.74 Å². The molecular formula is C19H16FNO2. The Balaban J connectivity index is 1.89. The maximum atomic E-state index is 13.0. The van der Waals surface area contributed by atoms with Crippen LogP contribution in [0.4, 0.5) is 4.39 Å². The lowest BCUT2D eigenvalue weighted by atomic mass is 10.0. The van der Waals surface area contributed by atoms with Crippen molar-refractivity contribution in [1.82, 2.24) is 4.98 Å². The number of ether oxygens (including phenoxy) is 1. The molecule has 0 saturated heterocycles. The first-order valence-electron chi connectivity index (χ1n) is 7.29. The maximum Gasteiger partial charge on any atom is 0.212 e. The van der Waals surface area contributed by atoms with Gasteiger partial charge in [0.2, 0.25) is 5.95 Å². The molecular weight excluding hydrogens is 293 g/mol. The molecule has 0 amide bonds. The number of rotatable bonds is 5. The van der Waals surface area contributed by atoms with Crippen LogP contribution >= 0.6 is 0 Å². The average Bonchev–Trinajstić information content (AvgIpc) is 2.61. The molecule has 0 fully saturated rings. The first-order valence-corrected chi connectivity index (χ1v) is 7.29. The van der Waals surface area contributed by atoms with E-state index in [0.717, 1.165) is 16.7 Å². The van der Waals surface area contributed by atoms with Crippen LogP contribution in [0, 0.1) is 5.95 Å². The lowest BCUT2D eigenvalue weighted by Crippen LogP contribution is -2.00. The number of aromatic nitrogens is 1. The Kier molecular flexibility index (Phi) is 4.64. The maximum absolute atomic E-state index is 13.0. The van der Waals surface area contributed by atoms with Gasteiger partial charge >= 0.3 is 0 Å². The molecule has 3 nitrogen and oxygen atoms in total. The lowest BCUT2D eigenvalue weighted by molar-refractivity contribution is 0.259. The molecule has 4 heteroatoms. The fraction of sp³-hybridized carbons (Fsp3) is 0.105. The SMILES string of the molecule is OCc1c(OCc2ccccc2)cccc1-c1ccc(F)nc1. The van der Waals surface area contributed by atoms with Crippen LogP contribution in [0.1, 0.15) is 11.1 Å². The highest BCUT2D eigenvalue weighted by Crippen LogP contribution is 2.31. The molecule has 2 aromatic carbocycles. The first kappa shape index (κ1) is 15.2. The molecule has 0 aliphatic rings. The summed E-state index contributed by atoms with van der Waals surface area (Å²) in [6.07, 6.45) is 1.45. The van der Waals surface area contributed by atoms with Crippen LogP contribution in [0.25, 0.3) is 11.1 Å². The van der Waals surface area contributed by atoms with Crippen molar-refractivity contribution in [2.75, 3.05) is 0 Å². The van der Waals surface area contributed by atoms with Crippen molar-refractivity contribution in [3.05, 3.63) is 83.9 Å². The van der Waals surface area contributed by atoms with E-state index in [9.17, 15) is 9.50 Å². The molecule has 116 valence electrons. The van der Waals surface area contributed by atoms with Crippen molar-refractivity contribution in [3.8, 4) is 16.9 Å². The Morgan fingerprint density at radius 1 is 0.957 bits per heavy atom.